The van der Waals surface area contributed by atoms with E-state index in [2.05, 4.69) is 4.98 Å². The van der Waals surface area contributed by atoms with Crippen LogP contribution in [0.2, 0.25) is 0 Å². The van der Waals surface area contributed by atoms with Gasteiger partial charge in [0.15, 0.2) is 0 Å². The predicted molar refractivity (Wildman–Crippen MR) is 65.4 cm³/mol. The summed E-state index contributed by atoms with van der Waals surface area (Å²) in [5.74, 6) is 0.641. The van der Waals surface area contributed by atoms with E-state index in [-0.39, 0.29) is 5.97 Å². The maximum absolute atomic E-state index is 11.6. The molecule has 1 atom stereocenters. The van der Waals surface area contributed by atoms with E-state index in [1.807, 2.05) is 17.7 Å². The first-order valence-corrected chi connectivity index (χ1v) is 5.91. The Kier molecular flexibility index (Phi) is 4.69. The maximum Gasteiger partial charge on any atom is 0.325 e. The molecular formula is C12H21N3O2. The van der Waals surface area contributed by atoms with Gasteiger partial charge in [-0.25, -0.2) is 4.98 Å². The van der Waals surface area contributed by atoms with Gasteiger partial charge in [-0.1, -0.05) is 0 Å². The van der Waals surface area contributed by atoms with Crippen molar-refractivity contribution in [2.24, 2.45) is 5.73 Å². The van der Waals surface area contributed by atoms with Crippen LogP contribution in [0.1, 0.15) is 32.5 Å². The Morgan fingerprint density at radius 2 is 2.35 bits per heavy atom. The summed E-state index contributed by atoms with van der Waals surface area (Å²) in [6.07, 6.45) is 5.11. The predicted octanol–water partition coefficient (Wildman–Crippen LogP) is 1.25. The number of nitrogens with two attached hydrogens (primary N) is 1. The van der Waals surface area contributed by atoms with Crippen LogP contribution in [0, 0.1) is 6.92 Å². The molecular weight excluding hydrogens is 218 g/mol. The second-order valence-corrected chi connectivity index (χ2v) is 4.41. The molecule has 0 bridgehead atoms. The Hall–Kier alpha value is -1.36. The molecule has 17 heavy (non-hydrogen) atoms. The van der Waals surface area contributed by atoms with Gasteiger partial charge >= 0.3 is 5.97 Å². The van der Waals surface area contributed by atoms with Gasteiger partial charge in [0.1, 0.15) is 11.4 Å². The SMILES string of the molecule is CCOC(=O)C(C)(N)CCCn1ccnc1C. The number of imidazole rings is 1. The fourth-order valence-electron chi connectivity index (χ4n) is 1.65. The van der Waals surface area contributed by atoms with Crippen LogP contribution in [-0.4, -0.2) is 27.7 Å². The summed E-state index contributed by atoms with van der Waals surface area (Å²) in [7, 11) is 0. The number of carbonyl (C=O) groups excluding carboxylic acids is 1. The van der Waals surface area contributed by atoms with Gasteiger partial charge in [0, 0.05) is 18.9 Å². The van der Waals surface area contributed by atoms with Crippen molar-refractivity contribution in [3.63, 3.8) is 0 Å². The molecule has 0 aliphatic carbocycles. The summed E-state index contributed by atoms with van der Waals surface area (Å²) in [5.41, 5.74) is 5.03. The van der Waals surface area contributed by atoms with Crippen LogP contribution in [0.3, 0.4) is 0 Å². The van der Waals surface area contributed by atoms with Gasteiger partial charge in [0.05, 0.1) is 6.61 Å². The van der Waals surface area contributed by atoms with Crippen molar-refractivity contribution in [1.29, 1.82) is 0 Å². The van der Waals surface area contributed by atoms with Crippen LogP contribution in [-0.2, 0) is 16.1 Å². The van der Waals surface area contributed by atoms with Crippen LogP contribution in [0.25, 0.3) is 0 Å². The number of hydrogen-bond donors (Lipinski definition) is 1. The molecule has 0 aromatic carbocycles. The lowest BCUT2D eigenvalue weighted by molar-refractivity contribution is -0.149. The van der Waals surface area contributed by atoms with Gasteiger partial charge < -0.3 is 15.0 Å². The maximum atomic E-state index is 11.6. The van der Waals surface area contributed by atoms with Crippen LogP contribution >= 0.6 is 0 Å². The Morgan fingerprint density at radius 3 is 2.88 bits per heavy atom. The number of aryl methyl sites for hydroxylation is 2. The third-order valence-corrected chi connectivity index (χ3v) is 2.76. The normalized spacial score (nSPS) is 14.4. The summed E-state index contributed by atoms with van der Waals surface area (Å²) < 4.78 is 6.98. The lowest BCUT2D eigenvalue weighted by atomic mass is 9.97. The highest BCUT2D eigenvalue weighted by molar-refractivity contribution is 5.79. The minimum atomic E-state index is -0.898. The number of hydrogen-bond acceptors (Lipinski definition) is 4. The molecule has 1 heterocycles. The fourth-order valence-corrected chi connectivity index (χ4v) is 1.65. The summed E-state index contributed by atoms with van der Waals surface area (Å²) >= 11 is 0. The first-order valence-electron chi connectivity index (χ1n) is 5.91. The molecule has 1 aromatic rings. The van der Waals surface area contributed by atoms with Crippen LogP contribution in [0.15, 0.2) is 12.4 Å². The van der Waals surface area contributed by atoms with Gasteiger partial charge in [-0.3, -0.25) is 4.79 Å². The van der Waals surface area contributed by atoms with E-state index in [0.717, 1.165) is 18.8 Å². The monoisotopic (exact) mass is 239 g/mol. The van der Waals surface area contributed by atoms with E-state index >= 15 is 0 Å². The highest BCUT2D eigenvalue weighted by Gasteiger charge is 2.29. The van der Waals surface area contributed by atoms with Crippen molar-refractivity contribution in [2.45, 2.75) is 45.7 Å². The van der Waals surface area contributed by atoms with Gasteiger partial charge in [-0.05, 0) is 33.6 Å². The summed E-state index contributed by atoms with van der Waals surface area (Å²) in [6, 6.07) is 0. The molecule has 96 valence electrons. The first kappa shape index (κ1) is 13.7. The lowest BCUT2D eigenvalue weighted by Gasteiger charge is -2.22. The molecule has 0 saturated heterocycles. The molecule has 0 saturated carbocycles. The molecule has 2 N–H and O–H groups in total. The van der Waals surface area contributed by atoms with Gasteiger partial charge in [-0.15, -0.1) is 0 Å². The number of carbonyl (C=O) groups is 1. The Bertz CT molecular complexity index is 372. The molecule has 5 nitrogen and oxygen atoms in total. The molecule has 0 spiro atoms. The molecule has 0 aliphatic heterocycles. The highest BCUT2D eigenvalue weighted by Crippen LogP contribution is 2.12. The number of ether oxygens (including phenoxy) is 1. The number of rotatable bonds is 6. The molecule has 0 aliphatic rings. The second-order valence-electron chi connectivity index (χ2n) is 4.41. The average molecular weight is 239 g/mol. The molecule has 0 fully saturated rings. The summed E-state index contributed by atoms with van der Waals surface area (Å²) in [6.45, 7) is 6.63. The Balaban J connectivity index is 2.40. The van der Waals surface area contributed by atoms with E-state index in [1.165, 1.54) is 0 Å². The zero-order valence-electron chi connectivity index (χ0n) is 10.8. The first-order chi connectivity index (χ1) is 7.97. The van der Waals surface area contributed by atoms with E-state index < -0.39 is 5.54 Å². The molecule has 0 amide bonds. The van der Waals surface area contributed by atoms with Gasteiger partial charge in [-0.2, -0.15) is 0 Å². The van der Waals surface area contributed by atoms with Crippen LogP contribution in [0.5, 0.6) is 0 Å². The zero-order chi connectivity index (χ0) is 12.9. The number of esters is 1. The van der Waals surface area contributed by atoms with Gasteiger partial charge in [0.25, 0.3) is 0 Å². The second kappa shape index (κ2) is 5.82. The summed E-state index contributed by atoms with van der Waals surface area (Å²) in [4.78, 5) is 15.7. The van der Waals surface area contributed by atoms with E-state index in [1.54, 1.807) is 20.0 Å². The topological polar surface area (TPSA) is 70.1 Å². The largest absolute Gasteiger partial charge is 0.465 e. The highest BCUT2D eigenvalue weighted by atomic mass is 16.5. The Labute approximate surface area is 102 Å². The number of nitrogens with zero attached hydrogens (tertiary/aromatic N) is 2. The van der Waals surface area contributed by atoms with Crippen molar-refractivity contribution >= 4 is 5.97 Å². The third kappa shape index (κ3) is 3.85. The van der Waals surface area contributed by atoms with E-state index in [9.17, 15) is 4.79 Å². The molecule has 0 radical (unpaired) electrons. The zero-order valence-corrected chi connectivity index (χ0v) is 10.8. The average Bonchev–Trinajstić information content (AvgIpc) is 2.65. The lowest BCUT2D eigenvalue weighted by Crippen LogP contribution is -2.46. The van der Waals surface area contributed by atoms with Crippen molar-refractivity contribution in [3.8, 4) is 0 Å². The van der Waals surface area contributed by atoms with Crippen molar-refractivity contribution in [1.82, 2.24) is 9.55 Å². The van der Waals surface area contributed by atoms with Crippen molar-refractivity contribution in [2.75, 3.05) is 6.61 Å². The van der Waals surface area contributed by atoms with Crippen molar-refractivity contribution in [3.05, 3.63) is 18.2 Å². The Morgan fingerprint density at radius 1 is 1.65 bits per heavy atom. The van der Waals surface area contributed by atoms with E-state index in [0.29, 0.717) is 13.0 Å². The number of aromatic nitrogens is 2. The molecule has 1 aromatic heterocycles. The smallest absolute Gasteiger partial charge is 0.325 e. The van der Waals surface area contributed by atoms with E-state index in [4.69, 9.17) is 10.5 Å². The van der Waals surface area contributed by atoms with Gasteiger partial charge in [0.2, 0.25) is 0 Å². The quantitative estimate of drug-likeness (QED) is 0.758. The standard InChI is InChI=1S/C12H21N3O2/c1-4-17-11(16)12(3,13)6-5-8-15-9-7-14-10(15)2/h7,9H,4-6,8,13H2,1-3H3. The molecule has 1 unspecified atom stereocenters. The summed E-state index contributed by atoms with van der Waals surface area (Å²) in [5, 5.41) is 0. The minimum absolute atomic E-state index is 0.331. The molecule has 1 rings (SSSR count). The molecule has 5 heteroatoms. The van der Waals surface area contributed by atoms with Crippen molar-refractivity contribution < 1.29 is 9.53 Å². The minimum Gasteiger partial charge on any atom is -0.465 e. The fraction of sp³-hybridized carbons (Fsp3) is 0.667. The third-order valence-electron chi connectivity index (χ3n) is 2.76. The van der Waals surface area contributed by atoms with Crippen LogP contribution < -0.4 is 5.73 Å². The van der Waals surface area contributed by atoms with Crippen LogP contribution in [0.4, 0.5) is 0 Å².